The van der Waals surface area contributed by atoms with E-state index in [1.54, 1.807) is 36.4 Å². The smallest absolute Gasteiger partial charge is 0.341 e. The van der Waals surface area contributed by atoms with E-state index in [0.717, 1.165) is 5.56 Å². The van der Waals surface area contributed by atoms with E-state index in [-0.39, 0.29) is 10.9 Å². The largest absolute Gasteiger partial charge is 0.496 e. The van der Waals surface area contributed by atoms with Crippen LogP contribution >= 0.6 is 12.2 Å². The Morgan fingerprint density at radius 3 is 2.62 bits per heavy atom. The predicted octanol–water partition coefficient (Wildman–Crippen LogP) is 3.11. The van der Waals surface area contributed by atoms with Gasteiger partial charge in [-0.15, -0.1) is 0 Å². The number of ether oxygens (including phenoxy) is 2. The summed E-state index contributed by atoms with van der Waals surface area (Å²) in [7, 11) is 2.79. The van der Waals surface area contributed by atoms with Crippen LogP contribution in [0.5, 0.6) is 5.75 Å². The summed E-state index contributed by atoms with van der Waals surface area (Å²) in [5.41, 5.74) is 1.42. The number of hydrogen-bond donors (Lipinski definition) is 2. The van der Waals surface area contributed by atoms with Crippen molar-refractivity contribution in [3.05, 3.63) is 59.4 Å². The van der Waals surface area contributed by atoms with Gasteiger partial charge in [-0.05, 0) is 42.0 Å². The van der Waals surface area contributed by atoms with E-state index in [1.807, 2.05) is 0 Å². The quantitative estimate of drug-likeness (QED) is 0.640. The number of methoxy groups -OCH3 is 2. The van der Waals surface area contributed by atoms with Crippen LogP contribution in [0.2, 0.25) is 0 Å². The van der Waals surface area contributed by atoms with Crippen molar-refractivity contribution >= 4 is 29.0 Å². The van der Waals surface area contributed by atoms with Gasteiger partial charge in [0, 0.05) is 6.54 Å². The molecule has 0 aromatic heterocycles. The molecule has 2 N–H and O–H groups in total. The number of rotatable bonds is 5. The van der Waals surface area contributed by atoms with Gasteiger partial charge in [-0.1, -0.05) is 18.2 Å². The van der Waals surface area contributed by atoms with E-state index in [2.05, 4.69) is 10.6 Å². The zero-order valence-corrected chi connectivity index (χ0v) is 14.1. The summed E-state index contributed by atoms with van der Waals surface area (Å²) in [4.78, 5) is 11.8. The molecule has 0 atom stereocenters. The van der Waals surface area contributed by atoms with Crippen molar-refractivity contribution < 1.29 is 18.7 Å². The third-order valence-electron chi connectivity index (χ3n) is 3.24. The van der Waals surface area contributed by atoms with Gasteiger partial charge in [0.25, 0.3) is 0 Å². The maximum Gasteiger partial charge on any atom is 0.341 e. The van der Waals surface area contributed by atoms with Crippen molar-refractivity contribution in [1.29, 1.82) is 0 Å². The second-order valence-electron chi connectivity index (χ2n) is 4.81. The number of esters is 1. The first-order chi connectivity index (χ1) is 11.5. The highest BCUT2D eigenvalue weighted by Crippen LogP contribution is 2.21. The Morgan fingerprint density at radius 2 is 1.96 bits per heavy atom. The van der Waals surface area contributed by atoms with E-state index >= 15 is 0 Å². The molecule has 0 heterocycles. The van der Waals surface area contributed by atoms with Gasteiger partial charge >= 0.3 is 5.97 Å². The number of anilines is 1. The lowest BCUT2D eigenvalue weighted by molar-refractivity contribution is 0.0597. The van der Waals surface area contributed by atoms with Crippen molar-refractivity contribution in [2.45, 2.75) is 6.54 Å². The fourth-order valence-electron chi connectivity index (χ4n) is 2.05. The fourth-order valence-corrected chi connectivity index (χ4v) is 2.23. The highest BCUT2D eigenvalue weighted by atomic mass is 32.1. The van der Waals surface area contributed by atoms with Gasteiger partial charge < -0.3 is 20.1 Å². The Hall–Kier alpha value is -2.67. The minimum atomic E-state index is -0.485. The number of thiocarbonyl (C=S) groups is 1. The molecule has 0 saturated heterocycles. The average Bonchev–Trinajstić information content (AvgIpc) is 2.61. The number of hydrogen-bond acceptors (Lipinski definition) is 4. The van der Waals surface area contributed by atoms with Gasteiger partial charge in [0.05, 0.1) is 19.9 Å². The van der Waals surface area contributed by atoms with Gasteiger partial charge in [0.15, 0.2) is 5.11 Å². The molecule has 0 spiro atoms. The Kier molecular flexibility index (Phi) is 6.08. The molecule has 0 aliphatic heterocycles. The van der Waals surface area contributed by atoms with E-state index in [1.165, 1.54) is 20.3 Å². The molecule has 2 rings (SSSR count). The standard InChI is InChI=1S/C17H17FN2O3S/c1-22-15-8-7-11(9-12(15)16(21)23-2)10-19-17(24)20-14-6-4-3-5-13(14)18/h3-9H,10H2,1-2H3,(H2,19,20,24). The third kappa shape index (κ3) is 4.42. The van der Waals surface area contributed by atoms with Crippen LogP contribution in [0.1, 0.15) is 15.9 Å². The number of carbonyl (C=O) groups is 1. The molecule has 0 fully saturated rings. The lowest BCUT2D eigenvalue weighted by atomic mass is 10.1. The summed E-state index contributed by atoms with van der Waals surface area (Å²) in [6.45, 7) is 0.355. The normalized spacial score (nSPS) is 9.96. The maximum atomic E-state index is 13.6. The van der Waals surface area contributed by atoms with Crippen molar-refractivity contribution in [3.63, 3.8) is 0 Å². The topological polar surface area (TPSA) is 59.6 Å². The summed E-state index contributed by atoms with van der Waals surface area (Å²) in [6, 6.07) is 11.4. The van der Waals surface area contributed by atoms with Crippen molar-refractivity contribution in [2.75, 3.05) is 19.5 Å². The first kappa shape index (κ1) is 17.7. The van der Waals surface area contributed by atoms with Crippen molar-refractivity contribution in [3.8, 4) is 5.75 Å². The van der Waals surface area contributed by atoms with Gasteiger partial charge in [-0.2, -0.15) is 0 Å². The van der Waals surface area contributed by atoms with Crippen LogP contribution in [0.25, 0.3) is 0 Å². The summed E-state index contributed by atoms with van der Waals surface area (Å²) in [5, 5.41) is 6.01. The van der Waals surface area contributed by atoms with Crippen molar-refractivity contribution in [2.24, 2.45) is 0 Å². The number of carbonyl (C=O) groups excluding carboxylic acids is 1. The lowest BCUT2D eigenvalue weighted by Gasteiger charge is -2.13. The van der Waals surface area contributed by atoms with Crippen LogP contribution < -0.4 is 15.4 Å². The zero-order valence-electron chi connectivity index (χ0n) is 13.3. The Labute approximate surface area is 144 Å². The summed E-state index contributed by atoms with van der Waals surface area (Å²) < 4.78 is 23.4. The van der Waals surface area contributed by atoms with Gasteiger partial charge in [0.1, 0.15) is 17.1 Å². The van der Waals surface area contributed by atoms with Gasteiger partial charge in [0.2, 0.25) is 0 Å². The maximum absolute atomic E-state index is 13.6. The number of nitrogens with one attached hydrogen (secondary N) is 2. The third-order valence-corrected chi connectivity index (χ3v) is 3.49. The summed E-state index contributed by atoms with van der Waals surface area (Å²) in [6.07, 6.45) is 0. The molecule has 0 radical (unpaired) electrons. The molecule has 2 aromatic rings. The molecule has 0 saturated carbocycles. The molecule has 7 heteroatoms. The van der Waals surface area contributed by atoms with E-state index < -0.39 is 5.97 Å². The first-order valence-electron chi connectivity index (χ1n) is 7.09. The Morgan fingerprint density at radius 1 is 1.21 bits per heavy atom. The average molecular weight is 348 g/mol. The predicted molar refractivity (Wildman–Crippen MR) is 93.8 cm³/mol. The Bertz CT molecular complexity index is 752. The first-order valence-corrected chi connectivity index (χ1v) is 7.50. The fraction of sp³-hybridized carbons (Fsp3) is 0.176. The van der Waals surface area contributed by atoms with Gasteiger partial charge in [-0.25, -0.2) is 9.18 Å². The molecule has 5 nitrogen and oxygen atoms in total. The minimum Gasteiger partial charge on any atom is -0.496 e. The summed E-state index contributed by atoms with van der Waals surface area (Å²) in [5.74, 6) is -0.447. The van der Waals surface area contributed by atoms with Crippen LogP contribution in [0.15, 0.2) is 42.5 Å². The Balaban J connectivity index is 2.02. The van der Waals surface area contributed by atoms with Crippen LogP contribution in [-0.4, -0.2) is 25.3 Å². The molecular formula is C17H17FN2O3S. The summed E-state index contributed by atoms with van der Waals surface area (Å²) >= 11 is 5.15. The number of halogens is 1. The number of benzene rings is 2. The molecule has 0 aliphatic rings. The highest BCUT2D eigenvalue weighted by molar-refractivity contribution is 7.80. The second-order valence-corrected chi connectivity index (χ2v) is 5.22. The minimum absolute atomic E-state index is 0.274. The van der Waals surface area contributed by atoms with E-state index in [0.29, 0.717) is 23.5 Å². The molecular weight excluding hydrogens is 331 g/mol. The monoisotopic (exact) mass is 348 g/mol. The van der Waals surface area contributed by atoms with E-state index in [4.69, 9.17) is 21.7 Å². The van der Waals surface area contributed by atoms with Crippen LogP contribution in [0.4, 0.5) is 10.1 Å². The van der Waals surface area contributed by atoms with Gasteiger partial charge in [-0.3, -0.25) is 0 Å². The molecule has 0 bridgehead atoms. The van der Waals surface area contributed by atoms with Crippen LogP contribution in [0, 0.1) is 5.82 Å². The SMILES string of the molecule is COC(=O)c1cc(CNC(=S)Nc2ccccc2F)ccc1OC. The molecule has 0 aliphatic carbocycles. The zero-order chi connectivity index (χ0) is 17.5. The van der Waals surface area contributed by atoms with Crippen LogP contribution in [0.3, 0.4) is 0 Å². The van der Waals surface area contributed by atoms with E-state index in [9.17, 15) is 9.18 Å². The highest BCUT2D eigenvalue weighted by Gasteiger charge is 2.13. The second kappa shape index (κ2) is 8.26. The molecule has 0 unspecified atom stereocenters. The van der Waals surface area contributed by atoms with Crippen molar-refractivity contribution in [1.82, 2.24) is 5.32 Å². The van der Waals surface area contributed by atoms with Crippen LogP contribution in [-0.2, 0) is 11.3 Å². The molecule has 24 heavy (non-hydrogen) atoms. The molecule has 2 aromatic carbocycles. The molecule has 126 valence electrons. The molecule has 0 amide bonds. The lowest BCUT2D eigenvalue weighted by Crippen LogP contribution is -2.28. The number of para-hydroxylation sites is 1.